The molecule has 0 saturated carbocycles. The van der Waals surface area contributed by atoms with Crippen LogP contribution in [0.4, 0.5) is 10.2 Å². The molecule has 168 valence electrons. The van der Waals surface area contributed by atoms with E-state index in [0.29, 0.717) is 18.1 Å². The summed E-state index contributed by atoms with van der Waals surface area (Å²) >= 11 is 0. The minimum Gasteiger partial charge on any atom is -0.441 e. The van der Waals surface area contributed by atoms with Gasteiger partial charge in [0.25, 0.3) is 0 Å². The molecule has 4 aromatic rings. The number of halogens is 1. The van der Waals surface area contributed by atoms with Gasteiger partial charge in [0, 0.05) is 24.0 Å². The second-order valence-corrected chi connectivity index (χ2v) is 8.40. The van der Waals surface area contributed by atoms with Crippen molar-refractivity contribution in [3.8, 4) is 11.3 Å². The highest BCUT2D eigenvalue weighted by Crippen LogP contribution is 2.35. The summed E-state index contributed by atoms with van der Waals surface area (Å²) in [7, 11) is 0. The van der Waals surface area contributed by atoms with Crippen LogP contribution in [0.15, 0.2) is 65.3 Å². The standard InChI is InChI=1S/C26H25FN4O2/c1-17-15-29-31(22-8-4-6-18-5-2-3-7-21(18)22)26(17)30-24(32)13-14-25-28-16-23(33-25)19-9-11-20(27)12-10-19/h2-3,5,7,9-12,15-16,22H,4,6,8,13-14H2,1H3,(H,30,32). The van der Waals surface area contributed by atoms with Gasteiger partial charge in [-0.2, -0.15) is 5.10 Å². The van der Waals surface area contributed by atoms with Crippen LogP contribution in [0.2, 0.25) is 0 Å². The van der Waals surface area contributed by atoms with E-state index in [9.17, 15) is 9.18 Å². The van der Waals surface area contributed by atoms with E-state index in [0.717, 1.165) is 36.2 Å². The van der Waals surface area contributed by atoms with Crippen LogP contribution < -0.4 is 5.32 Å². The predicted octanol–water partition coefficient (Wildman–Crippen LogP) is 5.48. The monoisotopic (exact) mass is 444 g/mol. The number of carbonyl (C=O) groups is 1. The molecule has 1 N–H and O–H groups in total. The van der Waals surface area contributed by atoms with Gasteiger partial charge >= 0.3 is 0 Å². The molecule has 1 unspecified atom stereocenters. The Morgan fingerprint density at radius 2 is 2.00 bits per heavy atom. The second-order valence-electron chi connectivity index (χ2n) is 8.40. The van der Waals surface area contributed by atoms with Gasteiger partial charge in [-0.05, 0) is 61.6 Å². The number of oxazole rings is 1. The number of nitrogens with zero attached hydrogens (tertiary/aromatic N) is 3. The molecule has 0 fully saturated rings. The molecule has 7 heteroatoms. The predicted molar refractivity (Wildman–Crippen MR) is 123 cm³/mol. The highest BCUT2D eigenvalue weighted by atomic mass is 19.1. The first-order chi connectivity index (χ1) is 16.1. The quantitative estimate of drug-likeness (QED) is 0.427. The summed E-state index contributed by atoms with van der Waals surface area (Å²) in [6.07, 6.45) is 7.15. The second kappa shape index (κ2) is 9.02. The number of anilines is 1. The number of carbonyl (C=O) groups excluding carboxylic acids is 1. The molecule has 1 amide bonds. The molecule has 6 nitrogen and oxygen atoms in total. The fourth-order valence-electron chi connectivity index (χ4n) is 4.41. The first-order valence-electron chi connectivity index (χ1n) is 11.2. The van der Waals surface area contributed by atoms with Gasteiger partial charge in [-0.25, -0.2) is 14.1 Å². The van der Waals surface area contributed by atoms with Gasteiger partial charge < -0.3 is 9.73 Å². The van der Waals surface area contributed by atoms with Crippen LogP contribution in [0.1, 0.15) is 47.9 Å². The van der Waals surface area contributed by atoms with E-state index < -0.39 is 0 Å². The number of aryl methyl sites for hydroxylation is 3. The number of amides is 1. The molecule has 0 saturated heterocycles. The SMILES string of the molecule is Cc1cnn(C2CCCc3ccccc32)c1NC(=O)CCc1ncc(-c2ccc(F)cc2)o1. The van der Waals surface area contributed by atoms with E-state index in [1.54, 1.807) is 24.5 Å². The van der Waals surface area contributed by atoms with Crippen LogP contribution in [-0.2, 0) is 17.6 Å². The normalized spacial score (nSPS) is 15.3. The number of aromatic nitrogens is 3. The van der Waals surface area contributed by atoms with E-state index in [2.05, 4.69) is 39.7 Å². The molecule has 1 atom stereocenters. The molecule has 1 aliphatic carbocycles. The third-order valence-electron chi connectivity index (χ3n) is 6.12. The lowest BCUT2D eigenvalue weighted by atomic mass is 9.88. The van der Waals surface area contributed by atoms with E-state index in [1.165, 1.54) is 23.3 Å². The van der Waals surface area contributed by atoms with Crippen LogP contribution in [0, 0.1) is 12.7 Å². The first-order valence-corrected chi connectivity index (χ1v) is 11.2. The molecule has 0 aliphatic heterocycles. The Bertz CT molecular complexity index is 1280. The Hall–Kier alpha value is -3.74. The van der Waals surface area contributed by atoms with Crippen LogP contribution in [0.5, 0.6) is 0 Å². The van der Waals surface area contributed by atoms with Crippen LogP contribution in [0.3, 0.4) is 0 Å². The van der Waals surface area contributed by atoms with Crippen molar-refractivity contribution in [2.45, 2.75) is 45.1 Å². The highest BCUT2D eigenvalue weighted by Gasteiger charge is 2.25. The number of rotatable bonds is 6. The topological polar surface area (TPSA) is 73.0 Å². The van der Waals surface area contributed by atoms with E-state index in [4.69, 9.17) is 4.42 Å². The summed E-state index contributed by atoms with van der Waals surface area (Å²) in [6, 6.07) is 14.6. The Labute approximate surface area is 191 Å². The molecule has 2 aromatic heterocycles. The third-order valence-corrected chi connectivity index (χ3v) is 6.12. The van der Waals surface area contributed by atoms with Crippen LogP contribution in [-0.4, -0.2) is 20.7 Å². The lowest BCUT2D eigenvalue weighted by Gasteiger charge is -2.27. The van der Waals surface area contributed by atoms with Crippen molar-refractivity contribution >= 4 is 11.7 Å². The Kier molecular flexibility index (Phi) is 5.77. The zero-order valence-electron chi connectivity index (χ0n) is 18.4. The molecule has 0 bridgehead atoms. The van der Waals surface area contributed by atoms with Crippen molar-refractivity contribution in [3.63, 3.8) is 0 Å². The number of fused-ring (bicyclic) bond motifs is 1. The third kappa shape index (κ3) is 4.44. The molecule has 33 heavy (non-hydrogen) atoms. The molecule has 2 aromatic carbocycles. The fraction of sp³-hybridized carbons (Fsp3) is 0.269. The summed E-state index contributed by atoms with van der Waals surface area (Å²) < 4.78 is 20.8. The lowest BCUT2D eigenvalue weighted by Crippen LogP contribution is -2.22. The van der Waals surface area contributed by atoms with Crippen LogP contribution >= 0.6 is 0 Å². The molecule has 0 spiro atoms. The summed E-state index contributed by atoms with van der Waals surface area (Å²) in [5.41, 5.74) is 4.29. The minimum absolute atomic E-state index is 0.115. The molecule has 0 radical (unpaired) electrons. The number of hydrogen-bond acceptors (Lipinski definition) is 4. The molecular formula is C26H25FN4O2. The summed E-state index contributed by atoms with van der Waals surface area (Å²) in [5.74, 6) is 1.33. The average Bonchev–Trinajstić information content (AvgIpc) is 3.45. The molecule has 2 heterocycles. The fourth-order valence-corrected chi connectivity index (χ4v) is 4.41. The Morgan fingerprint density at radius 3 is 2.85 bits per heavy atom. The maximum absolute atomic E-state index is 13.1. The van der Waals surface area contributed by atoms with Gasteiger partial charge in [0.2, 0.25) is 5.91 Å². The number of benzene rings is 2. The van der Waals surface area contributed by atoms with Crippen molar-refractivity contribution in [1.29, 1.82) is 0 Å². The van der Waals surface area contributed by atoms with Crippen molar-refractivity contribution in [1.82, 2.24) is 14.8 Å². The van der Waals surface area contributed by atoms with Gasteiger partial charge in [0.1, 0.15) is 11.6 Å². The molecular weight excluding hydrogens is 419 g/mol. The van der Waals surface area contributed by atoms with Crippen molar-refractivity contribution < 1.29 is 13.6 Å². The number of nitrogens with one attached hydrogen (secondary N) is 1. The van der Waals surface area contributed by atoms with E-state index >= 15 is 0 Å². The maximum Gasteiger partial charge on any atom is 0.226 e. The van der Waals surface area contributed by atoms with E-state index in [1.807, 2.05) is 11.6 Å². The average molecular weight is 445 g/mol. The van der Waals surface area contributed by atoms with Gasteiger partial charge in [-0.3, -0.25) is 4.79 Å². The maximum atomic E-state index is 13.1. The molecule has 1 aliphatic rings. The smallest absolute Gasteiger partial charge is 0.226 e. The van der Waals surface area contributed by atoms with Gasteiger partial charge in [-0.1, -0.05) is 24.3 Å². The van der Waals surface area contributed by atoms with Crippen molar-refractivity contribution in [2.24, 2.45) is 0 Å². The van der Waals surface area contributed by atoms with Crippen molar-refractivity contribution in [2.75, 3.05) is 5.32 Å². The zero-order valence-corrected chi connectivity index (χ0v) is 18.4. The van der Waals surface area contributed by atoms with E-state index in [-0.39, 0.29) is 24.2 Å². The van der Waals surface area contributed by atoms with Gasteiger partial charge in [-0.15, -0.1) is 0 Å². The highest BCUT2D eigenvalue weighted by molar-refractivity contribution is 5.90. The van der Waals surface area contributed by atoms with Crippen molar-refractivity contribution in [3.05, 3.63) is 89.3 Å². The largest absolute Gasteiger partial charge is 0.441 e. The molecule has 5 rings (SSSR count). The van der Waals surface area contributed by atoms with Gasteiger partial charge in [0.05, 0.1) is 18.4 Å². The zero-order chi connectivity index (χ0) is 22.8. The van der Waals surface area contributed by atoms with Gasteiger partial charge in [0.15, 0.2) is 11.7 Å². The minimum atomic E-state index is -0.304. The first kappa shape index (κ1) is 21.1. The summed E-state index contributed by atoms with van der Waals surface area (Å²) in [5, 5.41) is 7.65. The van der Waals surface area contributed by atoms with Crippen LogP contribution in [0.25, 0.3) is 11.3 Å². The number of hydrogen-bond donors (Lipinski definition) is 1. The Morgan fingerprint density at radius 1 is 1.18 bits per heavy atom. The Balaban J connectivity index is 1.26. The summed E-state index contributed by atoms with van der Waals surface area (Å²) in [4.78, 5) is 17.0. The summed E-state index contributed by atoms with van der Waals surface area (Å²) in [6.45, 7) is 1.96. The lowest BCUT2D eigenvalue weighted by molar-refractivity contribution is -0.116.